The van der Waals surface area contributed by atoms with Gasteiger partial charge in [0, 0.05) is 83.6 Å². The number of nitrogens with zero attached hydrogens (tertiary/aromatic N) is 8. The summed E-state index contributed by atoms with van der Waals surface area (Å²) in [5.41, 5.74) is 6.70. The van der Waals surface area contributed by atoms with Gasteiger partial charge in [0.05, 0.1) is 65.4 Å². The highest BCUT2D eigenvalue weighted by Gasteiger charge is 2.44. The standard InChI is InChI=1S/C52H67ClN12O7S2/c1-33-46(73-32-56-33)35-14-12-34(13-15-35)28-54-49(68)43-27-38(66)30-65(43)50(69)47(52(2,3)4)59-45(67)31-62-22-24-64(25-23-62)36-18-20-63(21-19-36)37-16-17-41(44(26-37)72-6)58-51-55-29-39(53)48(60-51)57-40-10-8-9-11-42(40)61(5)74(7,70)71/h8-17,26,29,32,36,38,43,47,66H,18-25,27-28,30-31H2,1-7H3,(H,54,68)(H,59,67)(H2,55,57,58,60)/t38-,43-,47?/m1/s1. The second-order valence-corrected chi connectivity index (χ2v) is 23.5. The molecule has 1 unspecified atom stereocenters. The molecule has 0 bridgehead atoms. The van der Waals surface area contributed by atoms with Crippen molar-refractivity contribution in [2.24, 2.45) is 5.41 Å². The number of sulfonamides is 1. The van der Waals surface area contributed by atoms with Gasteiger partial charge in [-0.3, -0.25) is 28.5 Å². The Morgan fingerprint density at radius 2 is 1.68 bits per heavy atom. The molecule has 3 atom stereocenters. The Morgan fingerprint density at radius 3 is 2.34 bits per heavy atom. The van der Waals surface area contributed by atoms with E-state index in [0.717, 1.165) is 72.7 Å². The van der Waals surface area contributed by atoms with E-state index in [1.54, 1.807) is 42.7 Å². The van der Waals surface area contributed by atoms with Crippen LogP contribution in [-0.4, -0.2) is 158 Å². The number of para-hydroxylation sites is 2. The zero-order valence-corrected chi connectivity index (χ0v) is 45.4. The molecule has 3 aromatic carbocycles. The van der Waals surface area contributed by atoms with Crippen molar-refractivity contribution in [3.8, 4) is 16.2 Å². The van der Waals surface area contributed by atoms with Crippen LogP contribution in [0.1, 0.15) is 51.3 Å². The average Bonchev–Trinajstić information content (AvgIpc) is 4.00. The number of hydrogen-bond acceptors (Lipinski definition) is 16. The number of halogens is 1. The fourth-order valence-corrected chi connectivity index (χ4v) is 11.2. The molecule has 22 heteroatoms. The Bertz CT molecular complexity index is 2900. The Balaban J connectivity index is 0.798. The van der Waals surface area contributed by atoms with E-state index in [4.69, 9.17) is 16.3 Å². The lowest BCUT2D eigenvalue weighted by atomic mass is 9.85. The first-order valence-electron chi connectivity index (χ1n) is 24.8. The lowest BCUT2D eigenvalue weighted by Gasteiger charge is -2.43. The molecular weight excluding hydrogens is 1000 g/mol. The monoisotopic (exact) mass is 1070 g/mol. The maximum absolute atomic E-state index is 14.2. The van der Waals surface area contributed by atoms with Crippen LogP contribution in [0.5, 0.6) is 5.75 Å². The van der Waals surface area contributed by atoms with Crippen molar-refractivity contribution >= 4 is 85.2 Å². The maximum atomic E-state index is 14.2. The van der Waals surface area contributed by atoms with Crippen molar-refractivity contribution in [1.82, 2.24) is 40.3 Å². The number of β-amino-alcohol motifs (C(OH)–C–C–N with tert-alkyl or cyclic N) is 1. The quantitative estimate of drug-likeness (QED) is 0.0738. The molecule has 3 fully saturated rings. The zero-order chi connectivity index (χ0) is 52.9. The van der Waals surface area contributed by atoms with Crippen molar-refractivity contribution in [2.75, 3.05) is 92.6 Å². The molecule has 3 aliphatic rings. The average molecular weight is 1070 g/mol. The number of piperazine rings is 1. The highest BCUT2D eigenvalue weighted by atomic mass is 35.5. The van der Waals surface area contributed by atoms with Gasteiger partial charge in [0.15, 0.2) is 5.82 Å². The van der Waals surface area contributed by atoms with Crippen LogP contribution >= 0.6 is 22.9 Å². The van der Waals surface area contributed by atoms with Crippen molar-refractivity contribution in [3.05, 3.63) is 94.7 Å². The fraction of sp³-hybridized carbons (Fsp3) is 0.462. The summed E-state index contributed by atoms with van der Waals surface area (Å²) in [4.78, 5) is 64.3. The van der Waals surface area contributed by atoms with E-state index >= 15 is 0 Å². The molecule has 5 heterocycles. The number of likely N-dealkylation sites (tertiary alicyclic amines) is 1. The van der Waals surface area contributed by atoms with Crippen LogP contribution in [0.4, 0.5) is 34.5 Å². The minimum absolute atomic E-state index is 0.0112. The van der Waals surface area contributed by atoms with E-state index in [2.05, 4.69) is 50.9 Å². The maximum Gasteiger partial charge on any atom is 0.246 e. The summed E-state index contributed by atoms with van der Waals surface area (Å²) in [6.45, 7) is 12.9. The Morgan fingerprint density at radius 1 is 0.959 bits per heavy atom. The van der Waals surface area contributed by atoms with Crippen LogP contribution in [-0.2, 0) is 31.0 Å². The smallest absolute Gasteiger partial charge is 0.246 e. The predicted molar refractivity (Wildman–Crippen MR) is 291 cm³/mol. The molecule has 3 aliphatic heterocycles. The summed E-state index contributed by atoms with van der Waals surface area (Å²) >= 11 is 8.07. The van der Waals surface area contributed by atoms with Crippen LogP contribution < -0.4 is 35.2 Å². The van der Waals surface area contributed by atoms with E-state index < -0.39 is 33.6 Å². The SMILES string of the molecule is COc1cc(N2CCC(N3CCN(CC(=O)NC(C(=O)N4C[C@H](O)C[C@@H]4C(=O)NCc4ccc(-c5scnc5C)cc4)C(C)(C)C)CC3)CC2)ccc1Nc1ncc(Cl)c(Nc2ccccc2N(C)S(C)(=O)=O)n1. The Labute approximate surface area is 442 Å². The molecule has 396 valence electrons. The van der Waals surface area contributed by atoms with Crippen molar-refractivity contribution < 1.29 is 32.6 Å². The van der Waals surface area contributed by atoms with E-state index in [1.165, 1.54) is 22.4 Å². The number of amides is 3. The number of nitrogens with one attached hydrogen (secondary N) is 4. The van der Waals surface area contributed by atoms with Gasteiger partial charge in [-0.25, -0.2) is 18.4 Å². The third kappa shape index (κ3) is 13.0. The number of anilines is 6. The first-order chi connectivity index (χ1) is 35.2. The fourth-order valence-electron chi connectivity index (χ4n) is 9.74. The van der Waals surface area contributed by atoms with Crippen molar-refractivity contribution in [3.63, 3.8) is 0 Å². The second-order valence-electron chi connectivity index (χ2n) is 20.2. The highest BCUT2D eigenvalue weighted by Crippen LogP contribution is 2.36. The molecule has 3 saturated heterocycles. The summed E-state index contributed by atoms with van der Waals surface area (Å²) in [5.74, 6) is 0.174. The number of rotatable bonds is 17. The number of methoxy groups -OCH3 is 1. The lowest BCUT2D eigenvalue weighted by molar-refractivity contribution is -0.144. The number of aromatic nitrogens is 3. The van der Waals surface area contributed by atoms with Crippen LogP contribution in [0.25, 0.3) is 10.4 Å². The first-order valence-corrected chi connectivity index (χ1v) is 27.9. The number of piperidine rings is 1. The Hall–Kier alpha value is -6.10. The molecule has 0 spiro atoms. The van der Waals surface area contributed by atoms with Crippen LogP contribution in [0.2, 0.25) is 5.02 Å². The molecule has 19 nitrogen and oxygen atoms in total. The van der Waals surface area contributed by atoms with Crippen LogP contribution in [0, 0.1) is 12.3 Å². The van der Waals surface area contributed by atoms with Gasteiger partial charge in [-0.1, -0.05) is 68.8 Å². The van der Waals surface area contributed by atoms with Gasteiger partial charge in [0.1, 0.15) is 22.9 Å². The number of benzene rings is 3. The molecule has 0 aliphatic carbocycles. The third-order valence-corrected chi connectivity index (χ3v) is 16.4. The van der Waals surface area contributed by atoms with Crippen molar-refractivity contribution in [1.29, 1.82) is 0 Å². The normalized spacial score (nSPS) is 18.4. The van der Waals surface area contributed by atoms with Gasteiger partial charge in [-0.2, -0.15) is 4.98 Å². The number of aliphatic hydroxyl groups excluding tert-OH is 1. The van der Waals surface area contributed by atoms with Crippen LogP contribution in [0.15, 0.2) is 78.4 Å². The molecule has 5 aromatic rings. The highest BCUT2D eigenvalue weighted by molar-refractivity contribution is 7.92. The summed E-state index contributed by atoms with van der Waals surface area (Å²) in [7, 11) is -0.435. The molecule has 5 N–H and O–H groups in total. The number of aryl methyl sites for hydroxylation is 1. The lowest BCUT2D eigenvalue weighted by Crippen LogP contribution is -2.59. The number of ether oxygens (including phenoxy) is 1. The number of carbonyl (C=O) groups is 3. The number of carbonyl (C=O) groups excluding carboxylic acids is 3. The molecule has 0 radical (unpaired) electrons. The number of hydrogen-bond donors (Lipinski definition) is 5. The summed E-state index contributed by atoms with van der Waals surface area (Å²) in [6.07, 6.45) is 3.81. The number of thiazole rings is 1. The topological polar surface area (TPSA) is 218 Å². The molecule has 8 rings (SSSR count). The van der Waals surface area contributed by atoms with E-state index in [9.17, 15) is 27.9 Å². The molecular formula is C52H67ClN12O7S2. The summed E-state index contributed by atoms with van der Waals surface area (Å²) < 4.78 is 31.6. The van der Waals surface area contributed by atoms with E-state index in [1.807, 2.05) is 75.7 Å². The minimum atomic E-state index is -3.52. The number of aliphatic hydroxyl groups is 1. The summed E-state index contributed by atoms with van der Waals surface area (Å²) in [5, 5.41) is 23.3. The molecule has 0 saturated carbocycles. The van der Waals surface area contributed by atoms with E-state index in [-0.39, 0.29) is 60.6 Å². The van der Waals surface area contributed by atoms with Crippen molar-refractivity contribution in [2.45, 2.75) is 77.7 Å². The van der Waals surface area contributed by atoms with Gasteiger partial charge in [0.25, 0.3) is 0 Å². The second kappa shape index (κ2) is 23.2. The predicted octanol–water partition coefficient (Wildman–Crippen LogP) is 5.85. The van der Waals surface area contributed by atoms with E-state index in [0.29, 0.717) is 41.9 Å². The molecule has 3 amide bonds. The van der Waals surface area contributed by atoms with Gasteiger partial charge in [-0.15, -0.1) is 11.3 Å². The molecule has 2 aromatic heterocycles. The summed E-state index contributed by atoms with van der Waals surface area (Å²) in [6, 6.07) is 19.5. The molecule has 74 heavy (non-hydrogen) atoms. The largest absolute Gasteiger partial charge is 0.494 e. The van der Waals surface area contributed by atoms with Gasteiger partial charge >= 0.3 is 0 Å². The van der Waals surface area contributed by atoms with Gasteiger partial charge in [0.2, 0.25) is 33.7 Å². The Kier molecular flexibility index (Phi) is 17.0. The van der Waals surface area contributed by atoms with Gasteiger partial charge in [-0.05, 0) is 60.6 Å². The van der Waals surface area contributed by atoms with Gasteiger partial charge < -0.3 is 40.9 Å². The van der Waals surface area contributed by atoms with Crippen LogP contribution in [0.3, 0.4) is 0 Å². The third-order valence-electron chi connectivity index (χ3n) is 14.0. The minimum Gasteiger partial charge on any atom is -0.494 e. The zero-order valence-electron chi connectivity index (χ0n) is 43.0. The first kappa shape index (κ1) is 54.2.